The third kappa shape index (κ3) is 4.19. The fourth-order valence-electron chi connectivity index (χ4n) is 4.95. The largest absolute Gasteiger partial charge is 0.242 e. The first-order valence-corrected chi connectivity index (χ1v) is 9.47. The van der Waals surface area contributed by atoms with Crippen LogP contribution in [0.2, 0.25) is 0 Å². The summed E-state index contributed by atoms with van der Waals surface area (Å²) >= 11 is 0. The van der Waals surface area contributed by atoms with Gasteiger partial charge in [0.2, 0.25) is 0 Å². The molecule has 1 N–H and O–H groups in total. The van der Waals surface area contributed by atoms with Crippen LogP contribution in [0.5, 0.6) is 0 Å². The normalized spacial score (nSPS) is 22.0. The van der Waals surface area contributed by atoms with Crippen molar-refractivity contribution >= 4 is 6.01 Å². The molecule has 0 saturated heterocycles. The van der Waals surface area contributed by atoms with Crippen LogP contribution in [0, 0.1) is 17.2 Å². The molecule has 0 atom stereocenters. The van der Waals surface area contributed by atoms with Gasteiger partial charge in [-0.25, -0.2) is 10.4 Å². The summed E-state index contributed by atoms with van der Waals surface area (Å²) in [5.74, 6) is 1.45. The minimum absolute atomic E-state index is 0.0672. The highest BCUT2D eigenvalue weighted by molar-refractivity contribution is 5.38. The van der Waals surface area contributed by atoms with E-state index in [9.17, 15) is 0 Å². The first-order chi connectivity index (χ1) is 10.3. The van der Waals surface area contributed by atoms with Crippen LogP contribution in [-0.4, -0.2) is 11.5 Å². The molecule has 2 aliphatic rings. The molecular formula is C19H34N2. The van der Waals surface area contributed by atoms with Crippen LogP contribution in [0.1, 0.15) is 96.8 Å². The first-order valence-electron chi connectivity index (χ1n) is 9.47. The second-order valence-electron chi connectivity index (χ2n) is 7.34. The van der Waals surface area contributed by atoms with Gasteiger partial charge in [0.1, 0.15) is 0 Å². The van der Waals surface area contributed by atoms with Crippen LogP contribution in [0.25, 0.3) is 0 Å². The summed E-state index contributed by atoms with van der Waals surface area (Å²) in [4.78, 5) is 4.79. The highest BCUT2D eigenvalue weighted by atomic mass is 14.9. The Kier molecular flexibility index (Phi) is 6.96. The molecule has 120 valence electrons. The number of hydrogen-bond acceptors (Lipinski definition) is 2. The number of unbranched alkanes of at least 4 members (excludes halogenated alkanes) is 2. The zero-order valence-corrected chi connectivity index (χ0v) is 14.0. The first kappa shape index (κ1) is 16.7. The zero-order valence-electron chi connectivity index (χ0n) is 14.0. The van der Waals surface area contributed by atoms with E-state index in [0.717, 1.165) is 11.8 Å². The lowest BCUT2D eigenvalue weighted by molar-refractivity contribution is 0.0969. The Labute approximate surface area is 131 Å². The van der Waals surface area contributed by atoms with Gasteiger partial charge in [-0.2, -0.15) is 0 Å². The van der Waals surface area contributed by atoms with Crippen LogP contribution >= 0.6 is 0 Å². The van der Waals surface area contributed by atoms with Crippen molar-refractivity contribution in [3.8, 4) is 0 Å². The third-order valence-electron chi connectivity index (χ3n) is 6.07. The quantitative estimate of drug-likeness (QED) is 0.427. The van der Waals surface area contributed by atoms with Gasteiger partial charge in [0.25, 0.3) is 0 Å². The average molecular weight is 290 g/mol. The predicted octanol–water partition coefficient (Wildman–Crippen LogP) is 6.22. The smallest absolute Gasteiger partial charge is 0.0867 e. The van der Waals surface area contributed by atoms with Crippen molar-refractivity contribution in [2.75, 3.05) is 0 Å². The van der Waals surface area contributed by atoms with Gasteiger partial charge in [-0.3, -0.25) is 0 Å². The lowest BCUT2D eigenvalue weighted by Crippen LogP contribution is -2.45. The van der Waals surface area contributed by atoms with E-state index in [-0.39, 0.29) is 5.54 Å². The molecule has 2 fully saturated rings. The second-order valence-corrected chi connectivity index (χ2v) is 7.34. The maximum atomic E-state index is 7.56. The third-order valence-corrected chi connectivity index (χ3v) is 6.07. The number of hydrogen-bond donors (Lipinski definition) is 1. The van der Waals surface area contributed by atoms with Gasteiger partial charge in [-0.05, 0) is 43.9 Å². The highest BCUT2D eigenvalue weighted by Gasteiger charge is 2.45. The summed E-state index contributed by atoms with van der Waals surface area (Å²) in [7, 11) is 0. The van der Waals surface area contributed by atoms with Gasteiger partial charge in [-0.1, -0.05) is 64.7 Å². The SMILES string of the molecule is CCCCCC(N=C=N)(C1CCCCC1)C1CCCCC1. The Morgan fingerprint density at radius 3 is 1.86 bits per heavy atom. The maximum absolute atomic E-state index is 7.56. The molecule has 0 bridgehead atoms. The number of nitrogens with zero attached hydrogens (tertiary/aromatic N) is 1. The van der Waals surface area contributed by atoms with Crippen LogP contribution in [0.3, 0.4) is 0 Å². The molecule has 0 amide bonds. The van der Waals surface area contributed by atoms with E-state index in [1.807, 2.05) is 0 Å². The molecule has 0 radical (unpaired) electrons. The van der Waals surface area contributed by atoms with E-state index in [0.29, 0.717) is 0 Å². The van der Waals surface area contributed by atoms with Gasteiger partial charge in [0, 0.05) is 0 Å². The van der Waals surface area contributed by atoms with Gasteiger partial charge in [0.05, 0.1) is 11.5 Å². The van der Waals surface area contributed by atoms with Crippen LogP contribution in [0.15, 0.2) is 4.99 Å². The lowest BCUT2D eigenvalue weighted by atomic mass is 9.62. The molecule has 21 heavy (non-hydrogen) atoms. The Morgan fingerprint density at radius 2 is 1.43 bits per heavy atom. The molecule has 0 spiro atoms. The molecule has 0 heterocycles. The van der Waals surface area contributed by atoms with Crippen molar-refractivity contribution in [3.63, 3.8) is 0 Å². The average Bonchev–Trinajstić information content (AvgIpc) is 2.56. The molecule has 0 aromatic rings. The number of nitrogens with one attached hydrogen (secondary N) is 1. The highest BCUT2D eigenvalue weighted by Crippen LogP contribution is 2.47. The number of aliphatic imine (C=N–C) groups is 1. The fourth-order valence-corrected chi connectivity index (χ4v) is 4.95. The van der Waals surface area contributed by atoms with Crippen LogP contribution in [-0.2, 0) is 0 Å². The van der Waals surface area contributed by atoms with Gasteiger partial charge >= 0.3 is 0 Å². The van der Waals surface area contributed by atoms with Crippen LogP contribution in [0.4, 0.5) is 0 Å². The molecular weight excluding hydrogens is 256 g/mol. The van der Waals surface area contributed by atoms with E-state index < -0.39 is 0 Å². The number of rotatable bonds is 7. The van der Waals surface area contributed by atoms with E-state index in [4.69, 9.17) is 10.4 Å². The standard InChI is InChI=1S/C19H34N2/c1-2-3-10-15-19(21-16-20,17-11-6-4-7-12-17)18-13-8-5-9-14-18/h17-18,20H,2-15H2,1H3. The monoisotopic (exact) mass is 290 g/mol. The summed E-state index contributed by atoms with van der Waals surface area (Å²) in [5, 5.41) is 7.56. The summed E-state index contributed by atoms with van der Waals surface area (Å²) in [6.45, 7) is 2.28. The van der Waals surface area contributed by atoms with E-state index >= 15 is 0 Å². The minimum atomic E-state index is 0.0672. The summed E-state index contributed by atoms with van der Waals surface area (Å²) < 4.78 is 0. The molecule has 0 aromatic carbocycles. The Hall–Kier alpha value is -0.620. The summed E-state index contributed by atoms with van der Waals surface area (Å²) in [5.41, 5.74) is 0.0672. The zero-order chi connectivity index (χ0) is 15.0. The van der Waals surface area contributed by atoms with Crippen molar-refractivity contribution in [2.24, 2.45) is 16.8 Å². The topological polar surface area (TPSA) is 36.2 Å². The van der Waals surface area contributed by atoms with Crippen molar-refractivity contribution in [1.82, 2.24) is 0 Å². The molecule has 2 aliphatic carbocycles. The minimum Gasteiger partial charge on any atom is -0.242 e. The lowest BCUT2D eigenvalue weighted by Gasteiger charge is -2.46. The van der Waals surface area contributed by atoms with Crippen molar-refractivity contribution in [2.45, 2.75) is 102 Å². The maximum Gasteiger partial charge on any atom is 0.0867 e. The molecule has 2 heteroatoms. The Balaban J connectivity index is 2.20. The van der Waals surface area contributed by atoms with E-state index in [1.165, 1.54) is 89.9 Å². The molecule has 0 unspecified atom stereocenters. The molecule has 2 nitrogen and oxygen atoms in total. The second kappa shape index (κ2) is 8.73. The molecule has 0 aliphatic heterocycles. The van der Waals surface area contributed by atoms with Crippen molar-refractivity contribution < 1.29 is 0 Å². The van der Waals surface area contributed by atoms with E-state index in [2.05, 4.69) is 12.9 Å². The molecule has 2 saturated carbocycles. The Morgan fingerprint density at radius 1 is 0.905 bits per heavy atom. The van der Waals surface area contributed by atoms with Crippen molar-refractivity contribution in [1.29, 1.82) is 5.41 Å². The fraction of sp³-hybridized carbons (Fsp3) is 0.947. The van der Waals surface area contributed by atoms with Gasteiger partial charge in [-0.15, -0.1) is 0 Å². The van der Waals surface area contributed by atoms with Gasteiger partial charge < -0.3 is 0 Å². The predicted molar refractivity (Wildman–Crippen MR) is 90.2 cm³/mol. The molecule has 2 rings (SSSR count). The van der Waals surface area contributed by atoms with E-state index in [1.54, 1.807) is 0 Å². The summed E-state index contributed by atoms with van der Waals surface area (Å²) in [6, 6.07) is 2.51. The van der Waals surface area contributed by atoms with Gasteiger partial charge in [0.15, 0.2) is 0 Å². The Bertz CT molecular complexity index is 313. The van der Waals surface area contributed by atoms with Crippen molar-refractivity contribution in [3.05, 3.63) is 0 Å². The van der Waals surface area contributed by atoms with Crippen LogP contribution < -0.4 is 0 Å². The molecule has 0 aromatic heterocycles. The summed E-state index contributed by atoms with van der Waals surface area (Å²) in [6.07, 6.45) is 18.8.